The van der Waals surface area contributed by atoms with Crippen molar-refractivity contribution in [3.8, 4) is 0 Å². The van der Waals surface area contributed by atoms with E-state index in [1.165, 1.54) is 5.56 Å². The number of methoxy groups -OCH3 is 1. The Labute approximate surface area is 100 Å². The van der Waals surface area contributed by atoms with Crippen molar-refractivity contribution in [1.82, 2.24) is 0 Å². The van der Waals surface area contributed by atoms with Crippen LogP contribution in [-0.4, -0.2) is 29.4 Å². The summed E-state index contributed by atoms with van der Waals surface area (Å²) in [5.41, 5.74) is 1.39. The molecule has 0 bridgehead atoms. The minimum atomic E-state index is -0.672. The van der Waals surface area contributed by atoms with Gasteiger partial charge < -0.3 is 9.16 Å². The molecule has 0 aliphatic heterocycles. The highest BCUT2D eigenvalue weighted by Crippen LogP contribution is 2.06. The zero-order valence-corrected chi connectivity index (χ0v) is 11.2. The molecular weight excluding hydrogens is 216 g/mol. The van der Waals surface area contributed by atoms with Crippen molar-refractivity contribution in [2.24, 2.45) is 0 Å². The lowest BCUT2D eigenvalue weighted by molar-refractivity contribution is 0.171. The monoisotopic (exact) mass is 237 g/mol. The fourth-order valence-corrected chi connectivity index (χ4v) is 3.20. The zero-order valence-electron chi connectivity index (χ0n) is 10.2. The van der Waals surface area contributed by atoms with E-state index in [1.807, 2.05) is 0 Å². The van der Waals surface area contributed by atoms with Crippen LogP contribution in [-0.2, 0) is 15.2 Å². The summed E-state index contributed by atoms with van der Waals surface area (Å²) in [6, 6.07) is 12.9. The van der Waals surface area contributed by atoms with Gasteiger partial charge in [0, 0.05) is 20.3 Å². The molecule has 0 amide bonds. The van der Waals surface area contributed by atoms with Crippen LogP contribution in [0.2, 0.25) is 6.04 Å². The predicted octanol–water partition coefficient (Wildman–Crippen LogP) is 2.83. The van der Waals surface area contributed by atoms with Crippen LogP contribution in [0.1, 0.15) is 18.9 Å². The van der Waals surface area contributed by atoms with E-state index in [2.05, 4.69) is 37.3 Å². The molecule has 0 heterocycles. The molecule has 1 radical (unpaired) electrons. The van der Waals surface area contributed by atoms with E-state index in [-0.39, 0.29) is 0 Å². The Hall–Kier alpha value is -0.643. The Kier molecular flexibility index (Phi) is 7.13. The minimum Gasteiger partial charge on any atom is -0.416 e. The lowest BCUT2D eigenvalue weighted by Gasteiger charge is -2.13. The van der Waals surface area contributed by atoms with Crippen molar-refractivity contribution in [2.45, 2.75) is 25.4 Å². The molecule has 0 saturated carbocycles. The summed E-state index contributed by atoms with van der Waals surface area (Å²) in [7, 11) is 1.06. The van der Waals surface area contributed by atoms with Crippen LogP contribution >= 0.6 is 0 Å². The maximum Gasteiger partial charge on any atom is 0.215 e. The third-order valence-corrected chi connectivity index (χ3v) is 4.64. The first-order valence-electron chi connectivity index (χ1n) is 5.87. The lowest BCUT2D eigenvalue weighted by atomic mass is 10.2. The summed E-state index contributed by atoms with van der Waals surface area (Å²) in [6.07, 6.45) is 0.999. The van der Waals surface area contributed by atoms with E-state index in [1.54, 1.807) is 7.11 Å². The van der Waals surface area contributed by atoms with Gasteiger partial charge in [-0.1, -0.05) is 37.3 Å². The third kappa shape index (κ3) is 5.44. The van der Waals surface area contributed by atoms with E-state index in [4.69, 9.17) is 9.16 Å². The van der Waals surface area contributed by atoms with Gasteiger partial charge in [-0.3, -0.25) is 0 Å². The lowest BCUT2D eigenvalue weighted by Crippen LogP contribution is -2.21. The molecule has 0 saturated heterocycles. The fraction of sp³-hybridized carbons (Fsp3) is 0.538. The molecule has 0 fully saturated rings. The topological polar surface area (TPSA) is 18.5 Å². The van der Waals surface area contributed by atoms with Gasteiger partial charge in [-0.2, -0.15) is 0 Å². The van der Waals surface area contributed by atoms with E-state index < -0.39 is 9.04 Å². The summed E-state index contributed by atoms with van der Waals surface area (Å²) in [5, 5.41) is 0. The van der Waals surface area contributed by atoms with Crippen molar-refractivity contribution >= 4 is 9.04 Å². The Morgan fingerprint density at radius 3 is 2.50 bits per heavy atom. The molecule has 0 aromatic heterocycles. The third-order valence-electron chi connectivity index (χ3n) is 2.44. The van der Waals surface area contributed by atoms with Gasteiger partial charge in [0.25, 0.3) is 0 Å². The maximum atomic E-state index is 5.92. The van der Waals surface area contributed by atoms with Gasteiger partial charge in [0.1, 0.15) is 0 Å². The minimum absolute atomic E-state index is 0.672. The molecule has 0 unspecified atom stereocenters. The molecular formula is C13H21O2Si. The summed E-state index contributed by atoms with van der Waals surface area (Å²) < 4.78 is 10.9. The molecule has 1 aromatic rings. The van der Waals surface area contributed by atoms with Gasteiger partial charge in [-0.05, 0) is 24.1 Å². The highest BCUT2D eigenvalue weighted by atomic mass is 28.3. The molecule has 16 heavy (non-hydrogen) atoms. The number of benzene rings is 1. The molecule has 3 heteroatoms. The molecule has 89 valence electrons. The molecule has 0 aliphatic rings. The summed E-state index contributed by atoms with van der Waals surface area (Å²) >= 11 is 0. The van der Waals surface area contributed by atoms with Crippen molar-refractivity contribution in [1.29, 1.82) is 0 Å². The highest BCUT2D eigenvalue weighted by Gasteiger charge is 2.11. The van der Waals surface area contributed by atoms with Crippen LogP contribution in [0.15, 0.2) is 30.3 Å². The van der Waals surface area contributed by atoms with E-state index in [9.17, 15) is 0 Å². The van der Waals surface area contributed by atoms with Gasteiger partial charge in [0.15, 0.2) is 0 Å². The van der Waals surface area contributed by atoms with Crippen LogP contribution in [0.25, 0.3) is 0 Å². The SMILES string of the molecule is CC[Si](Cc1ccccc1)OCCCOC. The summed E-state index contributed by atoms with van der Waals surface area (Å²) in [5.74, 6) is 0. The second-order valence-corrected chi connectivity index (χ2v) is 6.18. The fourth-order valence-electron chi connectivity index (χ4n) is 1.52. The normalized spacial score (nSPS) is 10.9. The molecule has 0 spiro atoms. The highest BCUT2D eigenvalue weighted by molar-refractivity contribution is 6.51. The van der Waals surface area contributed by atoms with Crippen LogP contribution in [0, 0.1) is 0 Å². The number of hydrogen-bond donors (Lipinski definition) is 0. The Balaban J connectivity index is 2.26. The van der Waals surface area contributed by atoms with Gasteiger partial charge in [0.05, 0.1) is 0 Å². The van der Waals surface area contributed by atoms with E-state index >= 15 is 0 Å². The van der Waals surface area contributed by atoms with Crippen LogP contribution in [0.4, 0.5) is 0 Å². The van der Waals surface area contributed by atoms with Gasteiger partial charge in [-0.25, -0.2) is 0 Å². The number of hydrogen-bond acceptors (Lipinski definition) is 2. The molecule has 0 N–H and O–H groups in total. The van der Waals surface area contributed by atoms with E-state index in [0.29, 0.717) is 0 Å². The van der Waals surface area contributed by atoms with Crippen LogP contribution in [0.5, 0.6) is 0 Å². The smallest absolute Gasteiger partial charge is 0.215 e. The molecule has 0 atom stereocenters. The zero-order chi connectivity index (χ0) is 11.6. The van der Waals surface area contributed by atoms with Crippen LogP contribution < -0.4 is 0 Å². The second-order valence-electron chi connectivity index (χ2n) is 3.75. The van der Waals surface area contributed by atoms with E-state index in [0.717, 1.165) is 31.7 Å². The maximum absolute atomic E-state index is 5.92. The Morgan fingerprint density at radius 2 is 1.88 bits per heavy atom. The second kappa shape index (κ2) is 8.50. The summed E-state index contributed by atoms with van der Waals surface area (Å²) in [6.45, 7) is 3.85. The first-order valence-corrected chi connectivity index (χ1v) is 7.69. The molecule has 0 aliphatic carbocycles. The van der Waals surface area contributed by atoms with Gasteiger partial charge in [0.2, 0.25) is 9.04 Å². The van der Waals surface area contributed by atoms with Crippen molar-refractivity contribution in [3.05, 3.63) is 35.9 Å². The largest absolute Gasteiger partial charge is 0.416 e. The van der Waals surface area contributed by atoms with Crippen molar-refractivity contribution in [2.75, 3.05) is 20.3 Å². The number of rotatable bonds is 8. The first kappa shape index (κ1) is 13.4. The molecule has 2 nitrogen and oxygen atoms in total. The molecule has 1 aromatic carbocycles. The Bertz CT molecular complexity index is 264. The predicted molar refractivity (Wildman–Crippen MR) is 68.8 cm³/mol. The molecule has 1 rings (SSSR count). The first-order chi connectivity index (χ1) is 7.86. The Morgan fingerprint density at radius 1 is 1.12 bits per heavy atom. The average molecular weight is 237 g/mol. The standard InChI is InChI=1S/C13H21O2Si/c1-3-16(15-11-7-10-14-2)12-13-8-5-4-6-9-13/h4-6,8-9H,3,7,10-12H2,1-2H3. The van der Waals surface area contributed by atoms with Crippen molar-refractivity contribution in [3.63, 3.8) is 0 Å². The quantitative estimate of drug-likeness (QED) is 0.511. The average Bonchev–Trinajstić information content (AvgIpc) is 2.34. The van der Waals surface area contributed by atoms with Gasteiger partial charge in [-0.15, -0.1) is 0 Å². The van der Waals surface area contributed by atoms with Gasteiger partial charge >= 0.3 is 0 Å². The van der Waals surface area contributed by atoms with Crippen LogP contribution in [0.3, 0.4) is 0 Å². The summed E-state index contributed by atoms with van der Waals surface area (Å²) in [4.78, 5) is 0. The van der Waals surface area contributed by atoms with Crippen molar-refractivity contribution < 1.29 is 9.16 Å². The number of ether oxygens (including phenoxy) is 1.